The predicted molar refractivity (Wildman–Crippen MR) is 86.4 cm³/mol. The van der Waals surface area contributed by atoms with Gasteiger partial charge in [0.05, 0.1) is 0 Å². The third-order valence-electron chi connectivity index (χ3n) is 4.39. The van der Waals surface area contributed by atoms with Crippen LogP contribution in [-0.4, -0.2) is 37.0 Å². The zero-order valence-electron chi connectivity index (χ0n) is 13.3. The average Bonchev–Trinajstić information content (AvgIpc) is 2.99. The minimum atomic E-state index is 0.0468. The van der Waals surface area contributed by atoms with Gasteiger partial charge in [-0.05, 0) is 32.6 Å². The average molecular weight is 294 g/mol. The molecule has 0 aromatic heterocycles. The van der Waals surface area contributed by atoms with Crippen molar-refractivity contribution in [3.63, 3.8) is 0 Å². The van der Waals surface area contributed by atoms with E-state index in [-0.39, 0.29) is 12.5 Å². The van der Waals surface area contributed by atoms with Gasteiger partial charge < -0.3 is 16.0 Å². The van der Waals surface area contributed by atoms with E-state index in [2.05, 4.69) is 20.9 Å². The third kappa shape index (κ3) is 5.94. The second kappa shape index (κ2) is 8.90. The highest BCUT2D eigenvalue weighted by molar-refractivity contribution is 5.85. The maximum Gasteiger partial charge on any atom is 0.242 e. The summed E-state index contributed by atoms with van der Waals surface area (Å²) in [6, 6.07) is 0.885. The standard InChI is InChI=1S/C16H30N4O/c1-2-17-16(20-14-10-6-7-11-14)18-12-15(21)19-13-8-4-3-5-9-13/h13-14H,2-12H2,1H3,(H,19,21)(H2,17,18,20). The Balaban J connectivity index is 1.75. The van der Waals surface area contributed by atoms with Gasteiger partial charge in [0.15, 0.2) is 5.96 Å². The minimum Gasteiger partial charge on any atom is -0.357 e. The van der Waals surface area contributed by atoms with Gasteiger partial charge in [0.25, 0.3) is 0 Å². The Morgan fingerprint density at radius 2 is 1.52 bits per heavy atom. The maximum atomic E-state index is 12.0. The first-order chi connectivity index (χ1) is 10.3. The molecule has 0 saturated heterocycles. The summed E-state index contributed by atoms with van der Waals surface area (Å²) < 4.78 is 0. The zero-order valence-corrected chi connectivity index (χ0v) is 13.3. The lowest BCUT2D eigenvalue weighted by Crippen LogP contribution is -2.43. The van der Waals surface area contributed by atoms with Crippen LogP contribution in [0, 0.1) is 0 Å². The largest absolute Gasteiger partial charge is 0.357 e. The minimum absolute atomic E-state index is 0.0468. The van der Waals surface area contributed by atoms with Crippen LogP contribution in [-0.2, 0) is 4.79 Å². The van der Waals surface area contributed by atoms with Crippen LogP contribution in [0.1, 0.15) is 64.7 Å². The van der Waals surface area contributed by atoms with Crippen molar-refractivity contribution in [3.05, 3.63) is 0 Å². The van der Waals surface area contributed by atoms with Crippen molar-refractivity contribution >= 4 is 11.9 Å². The molecule has 0 aromatic carbocycles. The molecule has 3 N–H and O–H groups in total. The van der Waals surface area contributed by atoms with E-state index in [0.717, 1.165) is 25.3 Å². The van der Waals surface area contributed by atoms with E-state index in [1.807, 2.05) is 6.92 Å². The van der Waals surface area contributed by atoms with Crippen molar-refractivity contribution in [2.45, 2.75) is 76.8 Å². The van der Waals surface area contributed by atoms with Crippen molar-refractivity contribution in [1.82, 2.24) is 16.0 Å². The normalized spacial score (nSPS) is 21.3. The molecule has 0 radical (unpaired) electrons. The van der Waals surface area contributed by atoms with Crippen molar-refractivity contribution in [3.8, 4) is 0 Å². The van der Waals surface area contributed by atoms with Gasteiger partial charge in [0.2, 0.25) is 5.91 Å². The second-order valence-electron chi connectivity index (χ2n) is 6.22. The lowest BCUT2D eigenvalue weighted by molar-refractivity contribution is -0.120. The molecule has 21 heavy (non-hydrogen) atoms. The Morgan fingerprint density at radius 1 is 0.952 bits per heavy atom. The molecule has 1 amide bonds. The van der Waals surface area contributed by atoms with Gasteiger partial charge in [-0.25, -0.2) is 4.99 Å². The quantitative estimate of drug-likeness (QED) is 0.536. The van der Waals surface area contributed by atoms with Crippen LogP contribution in [0.5, 0.6) is 0 Å². The Kier molecular flexibility index (Phi) is 6.83. The van der Waals surface area contributed by atoms with Gasteiger partial charge in [0, 0.05) is 18.6 Å². The molecule has 0 unspecified atom stereocenters. The maximum absolute atomic E-state index is 12.0. The molecule has 2 fully saturated rings. The van der Waals surface area contributed by atoms with E-state index >= 15 is 0 Å². The fraction of sp³-hybridized carbons (Fsp3) is 0.875. The summed E-state index contributed by atoms with van der Waals surface area (Å²) in [4.78, 5) is 16.4. The fourth-order valence-corrected chi connectivity index (χ4v) is 3.25. The highest BCUT2D eigenvalue weighted by Gasteiger charge is 2.17. The van der Waals surface area contributed by atoms with Crippen LogP contribution in [0.3, 0.4) is 0 Å². The molecule has 0 bridgehead atoms. The van der Waals surface area contributed by atoms with Crippen LogP contribution in [0.25, 0.3) is 0 Å². The SMILES string of the molecule is CCNC(=NCC(=O)NC1CCCCC1)NC1CCCC1. The van der Waals surface area contributed by atoms with Crippen molar-refractivity contribution in [1.29, 1.82) is 0 Å². The number of nitrogens with zero attached hydrogens (tertiary/aromatic N) is 1. The van der Waals surface area contributed by atoms with E-state index in [4.69, 9.17) is 0 Å². The van der Waals surface area contributed by atoms with Crippen LogP contribution in [0.4, 0.5) is 0 Å². The van der Waals surface area contributed by atoms with Crippen LogP contribution in [0.2, 0.25) is 0 Å². The first-order valence-electron chi connectivity index (χ1n) is 8.62. The van der Waals surface area contributed by atoms with Gasteiger partial charge >= 0.3 is 0 Å². The van der Waals surface area contributed by atoms with Gasteiger partial charge in [-0.3, -0.25) is 4.79 Å². The van der Waals surface area contributed by atoms with E-state index < -0.39 is 0 Å². The Bertz CT molecular complexity index is 344. The first-order valence-corrected chi connectivity index (χ1v) is 8.62. The molecule has 5 nitrogen and oxygen atoms in total. The number of nitrogens with one attached hydrogen (secondary N) is 3. The Morgan fingerprint density at radius 3 is 2.14 bits per heavy atom. The summed E-state index contributed by atoms with van der Waals surface area (Å²) in [6.07, 6.45) is 11.0. The third-order valence-corrected chi connectivity index (χ3v) is 4.39. The summed E-state index contributed by atoms with van der Waals surface area (Å²) >= 11 is 0. The van der Waals surface area contributed by atoms with Gasteiger partial charge in [-0.15, -0.1) is 0 Å². The van der Waals surface area contributed by atoms with Crippen molar-refractivity contribution in [2.75, 3.05) is 13.1 Å². The molecule has 2 aliphatic rings. The highest BCUT2D eigenvalue weighted by Crippen LogP contribution is 2.18. The Labute approximate surface area is 128 Å². The van der Waals surface area contributed by atoms with E-state index in [1.54, 1.807) is 0 Å². The van der Waals surface area contributed by atoms with Gasteiger partial charge in [0.1, 0.15) is 6.54 Å². The topological polar surface area (TPSA) is 65.5 Å². The number of hydrogen-bond acceptors (Lipinski definition) is 2. The molecular formula is C16H30N4O. The number of amides is 1. The molecule has 120 valence electrons. The summed E-state index contributed by atoms with van der Waals surface area (Å²) in [5.41, 5.74) is 0. The monoisotopic (exact) mass is 294 g/mol. The summed E-state index contributed by atoms with van der Waals surface area (Å²) in [7, 11) is 0. The van der Waals surface area contributed by atoms with E-state index in [9.17, 15) is 4.79 Å². The van der Waals surface area contributed by atoms with Crippen LogP contribution >= 0.6 is 0 Å². The van der Waals surface area contributed by atoms with Gasteiger partial charge in [-0.2, -0.15) is 0 Å². The number of carbonyl (C=O) groups excluding carboxylic acids is 1. The van der Waals surface area contributed by atoms with Crippen LogP contribution < -0.4 is 16.0 Å². The number of hydrogen-bond donors (Lipinski definition) is 3. The molecule has 0 spiro atoms. The smallest absolute Gasteiger partial charge is 0.242 e. The Hall–Kier alpha value is -1.26. The number of carbonyl (C=O) groups is 1. The van der Waals surface area contributed by atoms with E-state index in [1.165, 1.54) is 44.9 Å². The highest BCUT2D eigenvalue weighted by atomic mass is 16.1. The molecule has 2 rings (SSSR count). The molecule has 0 aliphatic heterocycles. The predicted octanol–water partition coefficient (Wildman–Crippen LogP) is 1.93. The van der Waals surface area contributed by atoms with Gasteiger partial charge in [-0.1, -0.05) is 32.1 Å². The number of aliphatic imine (C=N–C) groups is 1. The summed E-state index contributed by atoms with van der Waals surface area (Å²) in [5, 5.41) is 9.77. The zero-order chi connectivity index (χ0) is 14.9. The van der Waals surface area contributed by atoms with E-state index in [0.29, 0.717) is 12.1 Å². The molecule has 0 heterocycles. The molecule has 2 aliphatic carbocycles. The number of guanidine groups is 1. The number of rotatable bonds is 5. The lowest BCUT2D eigenvalue weighted by atomic mass is 9.95. The van der Waals surface area contributed by atoms with Crippen molar-refractivity contribution < 1.29 is 4.79 Å². The fourth-order valence-electron chi connectivity index (χ4n) is 3.25. The molecule has 0 atom stereocenters. The molecule has 0 aromatic rings. The second-order valence-corrected chi connectivity index (χ2v) is 6.22. The summed E-state index contributed by atoms with van der Waals surface area (Å²) in [6.45, 7) is 3.09. The first kappa shape index (κ1) is 16.1. The summed E-state index contributed by atoms with van der Waals surface area (Å²) in [5.74, 6) is 0.828. The van der Waals surface area contributed by atoms with Crippen LogP contribution in [0.15, 0.2) is 4.99 Å². The molecule has 2 saturated carbocycles. The lowest BCUT2D eigenvalue weighted by Gasteiger charge is -2.22. The molecular weight excluding hydrogens is 264 g/mol. The molecule has 5 heteroatoms. The van der Waals surface area contributed by atoms with Crippen molar-refractivity contribution in [2.24, 2.45) is 4.99 Å².